The second-order valence-electron chi connectivity index (χ2n) is 4.51. The fourth-order valence-corrected chi connectivity index (χ4v) is 2.33. The quantitative estimate of drug-likeness (QED) is 0.769. The van der Waals surface area contributed by atoms with Crippen molar-refractivity contribution in [2.24, 2.45) is 7.05 Å². The third-order valence-corrected chi connectivity index (χ3v) is 3.27. The highest BCUT2D eigenvalue weighted by Crippen LogP contribution is 2.37. The predicted molar refractivity (Wildman–Crippen MR) is 56.2 cm³/mol. The molecule has 1 aliphatic carbocycles. The maximum Gasteiger partial charge on any atom is 0.111 e. The van der Waals surface area contributed by atoms with Crippen molar-refractivity contribution >= 4 is 0 Å². The third-order valence-electron chi connectivity index (χ3n) is 3.27. The van der Waals surface area contributed by atoms with Gasteiger partial charge in [0, 0.05) is 18.8 Å². The number of aromatic nitrogens is 2. The number of aryl methyl sites for hydroxylation is 1. The largest absolute Gasteiger partial charge is 0.387 e. The lowest BCUT2D eigenvalue weighted by Crippen LogP contribution is -2.38. The van der Waals surface area contributed by atoms with Gasteiger partial charge in [-0.05, 0) is 12.8 Å². The molecule has 1 aromatic rings. The van der Waals surface area contributed by atoms with E-state index in [-0.39, 0.29) is 0 Å². The summed E-state index contributed by atoms with van der Waals surface area (Å²) in [6, 6.07) is 0. The van der Waals surface area contributed by atoms with Gasteiger partial charge < -0.3 is 10.2 Å². The summed E-state index contributed by atoms with van der Waals surface area (Å²) in [4.78, 5) is 0. The van der Waals surface area contributed by atoms with Gasteiger partial charge >= 0.3 is 0 Å². The van der Waals surface area contributed by atoms with Crippen LogP contribution in [0.3, 0.4) is 0 Å². The Hall–Kier alpha value is -0.870. The zero-order chi connectivity index (χ0) is 10.9. The van der Waals surface area contributed by atoms with Crippen LogP contribution in [0.2, 0.25) is 0 Å². The zero-order valence-corrected chi connectivity index (χ0v) is 9.06. The molecule has 0 aliphatic heterocycles. The zero-order valence-electron chi connectivity index (χ0n) is 9.06. The van der Waals surface area contributed by atoms with Crippen LogP contribution in [-0.2, 0) is 7.05 Å². The number of aliphatic hydroxyl groups excluding tert-OH is 1. The van der Waals surface area contributed by atoms with E-state index in [2.05, 4.69) is 5.10 Å². The SMILES string of the molecule is Cn1cc(C(O)C2(O)CCCCC2)cn1. The van der Waals surface area contributed by atoms with Gasteiger partial charge in [-0.1, -0.05) is 19.3 Å². The molecule has 1 heterocycles. The first-order valence-corrected chi connectivity index (χ1v) is 5.51. The molecule has 1 saturated carbocycles. The topological polar surface area (TPSA) is 58.3 Å². The molecular formula is C11H18N2O2. The van der Waals surface area contributed by atoms with Crippen LogP contribution in [0.25, 0.3) is 0 Å². The molecule has 1 aromatic heterocycles. The van der Waals surface area contributed by atoms with Crippen molar-refractivity contribution in [3.05, 3.63) is 18.0 Å². The molecule has 4 heteroatoms. The first kappa shape index (κ1) is 10.6. The van der Waals surface area contributed by atoms with Crippen molar-refractivity contribution in [2.45, 2.75) is 43.8 Å². The molecular weight excluding hydrogens is 192 g/mol. The first-order chi connectivity index (χ1) is 7.12. The van der Waals surface area contributed by atoms with Gasteiger partial charge in [0.15, 0.2) is 0 Å². The van der Waals surface area contributed by atoms with Crippen LogP contribution in [0.4, 0.5) is 0 Å². The molecule has 0 amide bonds. The maximum absolute atomic E-state index is 10.3. The Morgan fingerprint density at radius 1 is 1.40 bits per heavy atom. The summed E-state index contributed by atoms with van der Waals surface area (Å²) in [5.74, 6) is 0. The first-order valence-electron chi connectivity index (χ1n) is 5.51. The normalized spacial score (nSPS) is 22.6. The van der Waals surface area contributed by atoms with E-state index >= 15 is 0 Å². The molecule has 1 fully saturated rings. The molecule has 1 aliphatic rings. The number of aliphatic hydroxyl groups is 2. The minimum absolute atomic E-state index is 0.684. The number of nitrogens with zero attached hydrogens (tertiary/aromatic N) is 2. The molecule has 2 rings (SSSR count). The van der Waals surface area contributed by atoms with Gasteiger partial charge in [-0.15, -0.1) is 0 Å². The average molecular weight is 210 g/mol. The summed E-state index contributed by atoms with van der Waals surface area (Å²) < 4.78 is 1.64. The second kappa shape index (κ2) is 3.94. The predicted octanol–water partition coefficient (Wildman–Crippen LogP) is 1.15. The highest BCUT2D eigenvalue weighted by Gasteiger charge is 2.38. The Labute approximate surface area is 89.5 Å². The fraction of sp³-hybridized carbons (Fsp3) is 0.727. The molecule has 1 atom stereocenters. The van der Waals surface area contributed by atoms with Crippen molar-refractivity contribution < 1.29 is 10.2 Å². The Bertz CT molecular complexity index is 329. The van der Waals surface area contributed by atoms with Crippen molar-refractivity contribution in [2.75, 3.05) is 0 Å². The lowest BCUT2D eigenvalue weighted by Gasteiger charge is -2.35. The standard InChI is InChI=1S/C11H18N2O2/c1-13-8-9(7-12-13)10(14)11(15)5-3-2-4-6-11/h7-8,10,14-15H,2-6H2,1H3. The van der Waals surface area contributed by atoms with Gasteiger partial charge in [-0.2, -0.15) is 5.10 Å². The van der Waals surface area contributed by atoms with E-state index in [0.29, 0.717) is 18.4 Å². The van der Waals surface area contributed by atoms with Gasteiger partial charge in [0.05, 0.1) is 11.8 Å². The van der Waals surface area contributed by atoms with Crippen molar-refractivity contribution in [3.63, 3.8) is 0 Å². The van der Waals surface area contributed by atoms with Gasteiger partial charge in [0.1, 0.15) is 6.10 Å². The van der Waals surface area contributed by atoms with E-state index in [4.69, 9.17) is 0 Å². The fourth-order valence-electron chi connectivity index (χ4n) is 2.33. The van der Waals surface area contributed by atoms with Crippen LogP contribution in [-0.4, -0.2) is 25.6 Å². The van der Waals surface area contributed by atoms with Crippen LogP contribution in [0.15, 0.2) is 12.4 Å². The van der Waals surface area contributed by atoms with Crippen LogP contribution in [0.1, 0.15) is 43.8 Å². The number of rotatable bonds is 2. The monoisotopic (exact) mass is 210 g/mol. The van der Waals surface area contributed by atoms with Crippen molar-refractivity contribution in [1.82, 2.24) is 9.78 Å². The molecule has 0 saturated heterocycles. The van der Waals surface area contributed by atoms with Gasteiger partial charge in [0.25, 0.3) is 0 Å². The van der Waals surface area contributed by atoms with E-state index < -0.39 is 11.7 Å². The van der Waals surface area contributed by atoms with Crippen LogP contribution in [0, 0.1) is 0 Å². The molecule has 2 N–H and O–H groups in total. The number of hydrogen-bond donors (Lipinski definition) is 2. The molecule has 0 radical (unpaired) electrons. The summed E-state index contributed by atoms with van der Waals surface area (Å²) in [6.07, 6.45) is 7.09. The lowest BCUT2D eigenvalue weighted by atomic mass is 9.79. The third kappa shape index (κ3) is 2.06. The number of hydrogen-bond acceptors (Lipinski definition) is 3. The van der Waals surface area contributed by atoms with Crippen LogP contribution in [0.5, 0.6) is 0 Å². The molecule has 15 heavy (non-hydrogen) atoms. The van der Waals surface area contributed by atoms with Crippen molar-refractivity contribution in [3.8, 4) is 0 Å². The summed E-state index contributed by atoms with van der Waals surface area (Å²) >= 11 is 0. The molecule has 4 nitrogen and oxygen atoms in total. The highest BCUT2D eigenvalue weighted by molar-refractivity contribution is 5.13. The van der Waals surface area contributed by atoms with E-state index in [1.165, 1.54) is 0 Å². The Balaban J connectivity index is 2.15. The minimum atomic E-state index is -0.943. The van der Waals surface area contributed by atoms with E-state index in [9.17, 15) is 10.2 Å². The van der Waals surface area contributed by atoms with Gasteiger partial charge in [-0.3, -0.25) is 4.68 Å². The molecule has 0 bridgehead atoms. The highest BCUT2D eigenvalue weighted by atomic mass is 16.3. The molecule has 0 aromatic carbocycles. The maximum atomic E-state index is 10.3. The van der Waals surface area contributed by atoms with Crippen LogP contribution >= 0.6 is 0 Å². The Kier molecular flexibility index (Phi) is 2.80. The average Bonchev–Trinajstić information content (AvgIpc) is 2.65. The summed E-state index contributed by atoms with van der Waals surface area (Å²) in [6.45, 7) is 0. The van der Waals surface area contributed by atoms with Gasteiger partial charge in [-0.25, -0.2) is 0 Å². The Morgan fingerprint density at radius 3 is 2.60 bits per heavy atom. The van der Waals surface area contributed by atoms with Crippen molar-refractivity contribution in [1.29, 1.82) is 0 Å². The Morgan fingerprint density at radius 2 is 2.07 bits per heavy atom. The summed E-state index contributed by atoms with van der Waals surface area (Å²) in [7, 11) is 1.81. The molecule has 0 spiro atoms. The smallest absolute Gasteiger partial charge is 0.111 e. The summed E-state index contributed by atoms with van der Waals surface area (Å²) in [5.41, 5.74) is -0.233. The van der Waals surface area contributed by atoms with E-state index in [1.54, 1.807) is 24.1 Å². The van der Waals surface area contributed by atoms with E-state index in [0.717, 1.165) is 19.3 Å². The summed E-state index contributed by atoms with van der Waals surface area (Å²) in [5, 5.41) is 24.4. The lowest BCUT2D eigenvalue weighted by molar-refractivity contribution is -0.0992. The van der Waals surface area contributed by atoms with Crippen LogP contribution < -0.4 is 0 Å². The molecule has 1 unspecified atom stereocenters. The minimum Gasteiger partial charge on any atom is -0.387 e. The van der Waals surface area contributed by atoms with Gasteiger partial charge in [0.2, 0.25) is 0 Å². The molecule has 84 valence electrons. The second-order valence-corrected chi connectivity index (χ2v) is 4.51. The van der Waals surface area contributed by atoms with E-state index in [1.807, 2.05) is 0 Å².